The van der Waals surface area contributed by atoms with Gasteiger partial charge in [0.2, 0.25) is 5.91 Å². The predicted molar refractivity (Wildman–Crippen MR) is 88.0 cm³/mol. The zero-order valence-corrected chi connectivity index (χ0v) is 13.0. The molecule has 1 aromatic carbocycles. The first-order valence-electron chi connectivity index (χ1n) is 7.53. The number of fused-ring (bicyclic) bond motifs is 1. The summed E-state index contributed by atoms with van der Waals surface area (Å²) < 4.78 is 2.22. The van der Waals surface area contributed by atoms with Crippen LogP contribution in [-0.4, -0.2) is 33.4 Å². The number of amides is 1. The van der Waals surface area contributed by atoms with Gasteiger partial charge in [-0.1, -0.05) is 18.2 Å². The van der Waals surface area contributed by atoms with Crippen molar-refractivity contribution in [2.45, 2.75) is 18.9 Å². The molecule has 112 valence electrons. The van der Waals surface area contributed by atoms with E-state index in [1.54, 1.807) is 11.3 Å². The molecular formula is C17H17N3OS. The molecule has 0 saturated carbocycles. The summed E-state index contributed by atoms with van der Waals surface area (Å²) in [6, 6.07) is 12.5. The van der Waals surface area contributed by atoms with Gasteiger partial charge in [-0.15, -0.1) is 11.3 Å². The number of benzene rings is 1. The van der Waals surface area contributed by atoms with E-state index in [2.05, 4.69) is 15.6 Å². The number of imidazole rings is 1. The number of carbonyl (C=O) groups excluding carboxylic acids is 1. The Kier molecular flexibility index (Phi) is 3.42. The molecule has 22 heavy (non-hydrogen) atoms. The molecule has 0 unspecified atom stereocenters. The van der Waals surface area contributed by atoms with Crippen molar-refractivity contribution in [3.63, 3.8) is 0 Å². The Morgan fingerprint density at radius 3 is 3.05 bits per heavy atom. The Hall–Kier alpha value is -2.14. The summed E-state index contributed by atoms with van der Waals surface area (Å²) >= 11 is 1.65. The van der Waals surface area contributed by atoms with Crippen molar-refractivity contribution in [3.8, 4) is 0 Å². The van der Waals surface area contributed by atoms with Gasteiger partial charge in [-0.3, -0.25) is 4.79 Å². The topological polar surface area (TPSA) is 38.1 Å². The molecule has 1 aliphatic rings. The highest BCUT2D eigenvalue weighted by Gasteiger charge is 2.28. The van der Waals surface area contributed by atoms with E-state index >= 15 is 0 Å². The number of hydrogen-bond acceptors (Lipinski definition) is 3. The molecule has 3 heterocycles. The van der Waals surface area contributed by atoms with Crippen LogP contribution in [0, 0.1) is 0 Å². The predicted octanol–water partition coefficient (Wildman–Crippen LogP) is 3.11. The zero-order chi connectivity index (χ0) is 14.9. The molecule has 0 bridgehead atoms. The van der Waals surface area contributed by atoms with Crippen molar-refractivity contribution in [2.24, 2.45) is 0 Å². The van der Waals surface area contributed by atoms with E-state index < -0.39 is 0 Å². The molecule has 2 aromatic heterocycles. The highest BCUT2D eigenvalue weighted by Crippen LogP contribution is 2.26. The minimum absolute atomic E-state index is 0.231. The second-order valence-corrected chi connectivity index (χ2v) is 6.71. The third-order valence-corrected chi connectivity index (χ3v) is 5.17. The lowest BCUT2D eigenvalue weighted by molar-refractivity contribution is -0.129. The maximum Gasteiger partial charge on any atom is 0.227 e. The molecule has 4 rings (SSSR count). The van der Waals surface area contributed by atoms with Crippen molar-refractivity contribution in [1.82, 2.24) is 14.5 Å². The number of rotatable bonds is 3. The fourth-order valence-electron chi connectivity index (χ4n) is 3.14. The van der Waals surface area contributed by atoms with Crippen LogP contribution in [0.3, 0.4) is 0 Å². The second-order valence-electron chi connectivity index (χ2n) is 5.68. The van der Waals surface area contributed by atoms with Crippen molar-refractivity contribution in [1.29, 1.82) is 0 Å². The molecule has 0 radical (unpaired) electrons. The Labute approximate surface area is 133 Å². The first kappa shape index (κ1) is 13.5. The van der Waals surface area contributed by atoms with Crippen molar-refractivity contribution in [3.05, 3.63) is 53.0 Å². The van der Waals surface area contributed by atoms with Gasteiger partial charge < -0.3 is 9.47 Å². The van der Waals surface area contributed by atoms with E-state index in [-0.39, 0.29) is 5.91 Å². The van der Waals surface area contributed by atoms with Gasteiger partial charge in [0.1, 0.15) is 0 Å². The van der Waals surface area contributed by atoms with E-state index in [9.17, 15) is 4.79 Å². The van der Waals surface area contributed by atoms with Crippen LogP contribution in [0.2, 0.25) is 0 Å². The quantitative estimate of drug-likeness (QED) is 0.745. The minimum atomic E-state index is 0.231. The number of hydrogen-bond donors (Lipinski definition) is 0. The summed E-state index contributed by atoms with van der Waals surface area (Å²) in [5.74, 6) is 0.231. The number of thiophene rings is 1. The summed E-state index contributed by atoms with van der Waals surface area (Å²) in [7, 11) is 0. The van der Waals surface area contributed by atoms with Crippen molar-refractivity contribution in [2.75, 3.05) is 13.1 Å². The summed E-state index contributed by atoms with van der Waals surface area (Å²) in [5.41, 5.74) is 2.17. The lowest BCUT2D eigenvalue weighted by atomic mass is 10.2. The van der Waals surface area contributed by atoms with Crippen molar-refractivity contribution < 1.29 is 4.79 Å². The highest BCUT2D eigenvalue weighted by molar-refractivity contribution is 7.10. The van der Waals surface area contributed by atoms with E-state index in [1.165, 1.54) is 0 Å². The molecule has 1 atom stereocenters. The first-order valence-corrected chi connectivity index (χ1v) is 8.41. The summed E-state index contributed by atoms with van der Waals surface area (Å²) in [6.07, 6.45) is 3.42. The lowest BCUT2D eigenvalue weighted by Gasteiger charge is -2.17. The fourth-order valence-corrected chi connectivity index (χ4v) is 3.83. The Balaban J connectivity index is 1.49. The molecule has 3 aromatic rings. The standard InChI is InChI=1S/C17H17N3OS/c21-17(10-14-4-3-9-22-14)19-8-7-13(11-19)20-12-18-15-5-1-2-6-16(15)20/h1-6,9,12-13H,7-8,10-11H2/t13-/m1/s1. The van der Waals surface area contributed by atoms with Gasteiger partial charge in [0, 0.05) is 18.0 Å². The molecule has 1 saturated heterocycles. The lowest BCUT2D eigenvalue weighted by Crippen LogP contribution is -2.30. The Bertz CT molecular complexity index is 793. The molecule has 0 spiro atoms. The third-order valence-electron chi connectivity index (χ3n) is 4.30. The van der Waals surface area contributed by atoms with Gasteiger partial charge in [-0.25, -0.2) is 4.98 Å². The molecule has 5 heteroatoms. The van der Waals surface area contributed by atoms with E-state index in [4.69, 9.17) is 0 Å². The second kappa shape index (κ2) is 5.57. The van der Waals surface area contributed by atoms with Crippen LogP contribution in [0.1, 0.15) is 17.3 Å². The van der Waals surface area contributed by atoms with Gasteiger partial charge >= 0.3 is 0 Å². The van der Waals surface area contributed by atoms with Crippen LogP contribution in [0.15, 0.2) is 48.1 Å². The van der Waals surface area contributed by atoms with Crippen LogP contribution >= 0.6 is 11.3 Å². The first-order chi connectivity index (χ1) is 10.8. The van der Waals surface area contributed by atoms with Gasteiger partial charge in [-0.2, -0.15) is 0 Å². The smallest absolute Gasteiger partial charge is 0.227 e. The summed E-state index contributed by atoms with van der Waals surface area (Å²) in [5, 5.41) is 2.02. The maximum absolute atomic E-state index is 12.4. The van der Waals surface area contributed by atoms with Crippen molar-refractivity contribution >= 4 is 28.3 Å². The van der Waals surface area contributed by atoms with Gasteiger partial charge in [-0.05, 0) is 30.0 Å². The normalized spacial score (nSPS) is 18.2. The SMILES string of the molecule is O=C(Cc1cccs1)N1CC[C@@H](n2cnc3ccccc32)C1. The molecule has 1 amide bonds. The number of aromatic nitrogens is 2. The minimum Gasteiger partial charge on any atom is -0.340 e. The molecule has 0 N–H and O–H groups in total. The van der Waals surface area contributed by atoms with E-state index in [0.29, 0.717) is 12.5 Å². The number of para-hydroxylation sites is 2. The monoisotopic (exact) mass is 311 g/mol. The van der Waals surface area contributed by atoms with Crippen LogP contribution in [0.4, 0.5) is 0 Å². The summed E-state index contributed by atoms with van der Waals surface area (Å²) in [6.45, 7) is 1.62. The van der Waals surface area contributed by atoms with Gasteiger partial charge in [0.25, 0.3) is 0 Å². The van der Waals surface area contributed by atoms with Crippen LogP contribution in [-0.2, 0) is 11.2 Å². The average molecular weight is 311 g/mol. The molecule has 4 nitrogen and oxygen atoms in total. The average Bonchev–Trinajstić information content (AvgIpc) is 3.27. The number of nitrogens with zero attached hydrogens (tertiary/aromatic N) is 3. The Morgan fingerprint density at radius 1 is 1.27 bits per heavy atom. The largest absolute Gasteiger partial charge is 0.340 e. The van der Waals surface area contributed by atoms with Gasteiger partial charge in [0.05, 0.1) is 29.8 Å². The van der Waals surface area contributed by atoms with Crippen LogP contribution < -0.4 is 0 Å². The fraction of sp³-hybridized carbons (Fsp3) is 0.294. The number of carbonyl (C=O) groups is 1. The maximum atomic E-state index is 12.4. The molecule has 0 aliphatic carbocycles. The van der Waals surface area contributed by atoms with Gasteiger partial charge in [0.15, 0.2) is 0 Å². The summed E-state index contributed by atoms with van der Waals surface area (Å²) in [4.78, 5) is 20.0. The van der Waals surface area contributed by atoms with Crippen LogP contribution in [0.5, 0.6) is 0 Å². The zero-order valence-electron chi connectivity index (χ0n) is 12.2. The Morgan fingerprint density at radius 2 is 2.18 bits per heavy atom. The van der Waals surface area contributed by atoms with E-state index in [0.717, 1.165) is 35.4 Å². The molecule has 1 fully saturated rings. The molecular weight excluding hydrogens is 294 g/mol. The van der Waals surface area contributed by atoms with Crippen LogP contribution in [0.25, 0.3) is 11.0 Å². The van der Waals surface area contributed by atoms with E-state index in [1.807, 2.05) is 46.9 Å². The number of likely N-dealkylation sites (tertiary alicyclic amines) is 1. The molecule has 1 aliphatic heterocycles. The third kappa shape index (κ3) is 2.41. The highest BCUT2D eigenvalue weighted by atomic mass is 32.1.